The minimum atomic E-state index is -0.250. The van der Waals surface area contributed by atoms with Gasteiger partial charge in [-0.3, -0.25) is 4.79 Å². The molecule has 1 heterocycles. The van der Waals surface area contributed by atoms with Crippen LogP contribution >= 0.6 is 15.9 Å². The summed E-state index contributed by atoms with van der Waals surface area (Å²) in [6.07, 6.45) is 1.04. The molecule has 3 aromatic rings. The van der Waals surface area contributed by atoms with E-state index in [0.29, 0.717) is 0 Å². The second-order valence-corrected chi connectivity index (χ2v) is 7.89. The number of benzene rings is 3. The van der Waals surface area contributed by atoms with Crippen molar-refractivity contribution in [2.75, 3.05) is 13.7 Å². The van der Waals surface area contributed by atoms with E-state index in [0.717, 1.165) is 40.3 Å². The predicted molar refractivity (Wildman–Crippen MR) is 127 cm³/mol. The Morgan fingerprint density at radius 1 is 1.10 bits per heavy atom. The van der Waals surface area contributed by atoms with E-state index >= 15 is 0 Å². The first-order chi connectivity index (χ1) is 15.1. The molecule has 0 spiro atoms. The van der Waals surface area contributed by atoms with Crippen LogP contribution in [0.15, 0.2) is 82.3 Å². The molecule has 0 fully saturated rings. The second kappa shape index (κ2) is 10.8. The summed E-state index contributed by atoms with van der Waals surface area (Å²) in [6, 6.07) is 25.3. The van der Waals surface area contributed by atoms with E-state index in [-0.39, 0.29) is 12.5 Å². The number of hydrogen-bond acceptors (Lipinski definition) is 4. The molecule has 0 amide bonds. The van der Waals surface area contributed by atoms with E-state index in [1.54, 1.807) is 7.11 Å². The number of carbonyl (C=O) groups is 1. The number of rotatable bonds is 5. The third kappa shape index (κ3) is 5.14. The Kier molecular flexibility index (Phi) is 7.84. The van der Waals surface area contributed by atoms with Gasteiger partial charge in [-0.25, -0.2) is 4.99 Å². The lowest BCUT2D eigenvalue weighted by Gasteiger charge is -2.39. The van der Waals surface area contributed by atoms with Crippen LogP contribution in [0.2, 0.25) is 0 Å². The van der Waals surface area contributed by atoms with Gasteiger partial charge in [-0.05, 0) is 54.4 Å². The minimum Gasteiger partial charge on any atom is -0.497 e. The van der Waals surface area contributed by atoms with Crippen LogP contribution in [-0.4, -0.2) is 36.0 Å². The van der Waals surface area contributed by atoms with E-state index in [9.17, 15) is 0 Å². The highest BCUT2D eigenvalue weighted by molar-refractivity contribution is 9.10. The van der Waals surface area contributed by atoms with E-state index in [1.165, 1.54) is 11.1 Å². The maximum absolute atomic E-state index is 8.36. The SMILES string of the molecule is CCCN1C(c2ccc(OC)cc2)=Nc2ccc(Br)cc2C1c1ccccc1.O=CO. The molecule has 5 nitrogen and oxygen atoms in total. The number of amidine groups is 1. The Hall–Kier alpha value is -3.12. The molecule has 0 saturated carbocycles. The van der Waals surface area contributed by atoms with Gasteiger partial charge in [-0.1, -0.05) is 53.2 Å². The highest BCUT2D eigenvalue weighted by atomic mass is 79.9. The lowest BCUT2D eigenvalue weighted by molar-refractivity contribution is -0.122. The third-order valence-electron chi connectivity index (χ3n) is 5.02. The van der Waals surface area contributed by atoms with Crippen molar-refractivity contribution in [3.05, 3.63) is 94.0 Å². The number of hydrogen-bond donors (Lipinski definition) is 1. The summed E-state index contributed by atoms with van der Waals surface area (Å²) in [4.78, 5) is 15.9. The summed E-state index contributed by atoms with van der Waals surface area (Å²) < 4.78 is 6.41. The van der Waals surface area contributed by atoms with E-state index < -0.39 is 0 Å². The van der Waals surface area contributed by atoms with Crippen LogP contribution in [0.3, 0.4) is 0 Å². The number of nitrogens with zero attached hydrogens (tertiary/aromatic N) is 2. The van der Waals surface area contributed by atoms with Gasteiger partial charge in [0.05, 0.1) is 18.8 Å². The molecule has 1 N–H and O–H groups in total. The molecule has 0 saturated heterocycles. The number of fused-ring (bicyclic) bond motifs is 1. The molecule has 6 heteroatoms. The minimum absolute atomic E-state index is 0.128. The van der Waals surface area contributed by atoms with Crippen molar-refractivity contribution in [1.82, 2.24) is 4.90 Å². The van der Waals surface area contributed by atoms with Crippen molar-refractivity contribution >= 4 is 33.9 Å². The van der Waals surface area contributed by atoms with Crippen LogP contribution < -0.4 is 4.74 Å². The Morgan fingerprint density at radius 2 is 1.77 bits per heavy atom. The lowest BCUT2D eigenvalue weighted by atomic mass is 9.92. The molecular weight excluding hydrogens is 456 g/mol. The van der Waals surface area contributed by atoms with Crippen LogP contribution in [0.4, 0.5) is 5.69 Å². The van der Waals surface area contributed by atoms with Gasteiger partial charge >= 0.3 is 0 Å². The quantitative estimate of drug-likeness (QED) is 0.451. The Labute approximate surface area is 191 Å². The molecule has 160 valence electrons. The van der Waals surface area contributed by atoms with Crippen LogP contribution in [-0.2, 0) is 4.79 Å². The van der Waals surface area contributed by atoms with E-state index in [1.807, 2.05) is 12.1 Å². The van der Waals surface area contributed by atoms with Gasteiger partial charge in [0.25, 0.3) is 6.47 Å². The fourth-order valence-corrected chi connectivity index (χ4v) is 4.13. The first-order valence-electron chi connectivity index (χ1n) is 10.0. The zero-order chi connectivity index (χ0) is 22.2. The molecule has 1 aliphatic rings. The molecule has 1 unspecified atom stereocenters. The molecular formula is C25H25BrN2O3. The average Bonchev–Trinajstić information content (AvgIpc) is 2.80. The van der Waals surface area contributed by atoms with Crippen molar-refractivity contribution < 1.29 is 14.6 Å². The molecule has 1 atom stereocenters. The smallest absolute Gasteiger partial charge is 0.290 e. The van der Waals surface area contributed by atoms with E-state index in [4.69, 9.17) is 19.6 Å². The maximum Gasteiger partial charge on any atom is 0.290 e. The van der Waals surface area contributed by atoms with Gasteiger partial charge < -0.3 is 14.7 Å². The molecule has 0 aliphatic carbocycles. The fraction of sp³-hybridized carbons (Fsp3) is 0.200. The standard InChI is InChI=1S/C24H23BrN2O.CH2O2/c1-3-15-27-23(17-7-5-4-6-8-17)21-16-19(25)11-14-22(21)26-24(27)18-9-12-20(28-2)13-10-18;2-1-3/h4-14,16,23H,3,15H2,1-2H3;1H,(H,2,3). The van der Waals surface area contributed by atoms with Crippen molar-refractivity contribution in [3.8, 4) is 5.75 Å². The third-order valence-corrected chi connectivity index (χ3v) is 5.52. The summed E-state index contributed by atoms with van der Waals surface area (Å²) in [5.74, 6) is 1.86. The van der Waals surface area contributed by atoms with Gasteiger partial charge in [0.15, 0.2) is 0 Å². The summed E-state index contributed by atoms with van der Waals surface area (Å²) in [5, 5.41) is 6.89. The van der Waals surface area contributed by atoms with Crippen LogP contribution in [0.1, 0.15) is 36.1 Å². The topological polar surface area (TPSA) is 62.1 Å². The second-order valence-electron chi connectivity index (χ2n) is 6.98. The monoisotopic (exact) mass is 480 g/mol. The number of ether oxygens (including phenoxy) is 1. The summed E-state index contributed by atoms with van der Waals surface area (Å²) in [6.45, 7) is 2.89. The molecule has 0 aromatic heterocycles. The van der Waals surface area contributed by atoms with Crippen molar-refractivity contribution in [3.63, 3.8) is 0 Å². The highest BCUT2D eigenvalue weighted by Crippen LogP contribution is 2.41. The lowest BCUT2D eigenvalue weighted by Crippen LogP contribution is -2.38. The van der Waals surface area contributed by atoms with Crippen LogP contribution in [0.25, 0.3) is 0 Å². The predicted octanol–water partition coefficient (Wildman–Crippen LogP) is 6.05. The Balaban J connectivity index is 0.000000858. The largest absolute Gasteiger partial charge is 0.497 e. The molecule has 1 aliphatic heterocycles. The average molecular weight is 481 g/mol. The Bertz CT molecular complexity index is 1040. The first kappa shape index (κ1) is 22.6. The van der Waals surface area contributed by atoms with Crippen molar-refractivity contribution in [1.29, 1.82) is 0 Å². The maximum atomic E-state index is 8.36. The van der Waals surface area contributed by atoms with Gasteiger partial charge in [-0.15, -0.1) is 0 Å². The summed E-state index contributed by atoms with van der Waals surface area (Å²) in [7, 11) is 1.69. The van der Waals surface area contributed by atoms with Crippen molar-refractivity contribution in [2.45, 2.75) is 19.4 Å². The van der Waals surface area contributed by atoms with Crippen LogP contribution in [0.5, 0.6) is 5.75 Å². The van der Waals surface area contributed by atoms with Crippen LogP contribution in [0, 0.1) is 0 Å². The van der Waals surface area contributed by atoms with Gasteiger partial charge in [-0.2, -0.15) is 0 Å². The van der Waals surface area contributed by atoms with Crippen molar-refractivity contribution in [2.24, 2.45) is 4.99 Å². The van der Waals surface area contributed by atoms with Gasteiger partial charge in [0.2, 0.25) is 0 Å². The van der Waals surface area contributed by atoms with E-state index in [2.05, 4.69) is 88.4 Å². The van der Waals surface area contributed by atoms with Gasteiger partial charge in [0.1, 0.15) is 11.6 Å². The molecule has 0 bridgehead atoms. The molecule has 3 aromatic carbocycles. The number of carboxylic acid groups (broad SMARTS) is 1. The molecule has 4 rings (SSSR count). The Morgan fingerprint density at radius 3 is 2.39 bits per heavy atom. The molecule has 31 heavy (non-hydrogen) atoms. The zero-order valence-electron chi connectivity index (χ0n) is 17.5. The normalized spacial score (nSPS) is 14.6. The highest BCUT2D eigenvalue weighted by Gasteiger charge is 2.31. The number of methoxy groups -OCH3 is 1. The summed E-state index contributed by atoms with van der Waals surface area (Å²) in [5.41, 5.74) is 4.63. The number of aliphatic imine (C=N–C) groups is 1. The number of halogens is 1. The molecule has 0 radical (unpaired) electrons. The first-order valence-corrected chi connectivity index (χ1v) is 10.8. The van der Waals surface area contributed by atoms with Gasteiger partial charge in [0, 0.05) is 22.1 Å². The fourth-order valence-electron chi connectivity index (χ4n) is 3.76. The zero-order valence-corrected chi connectivity index (χ0v) is 19.1. The summed E-state index contributed by atoms with van der Waals surface area (Å²) >= 11 is 3.64.